The number of nitrogen functional groups attached to an aromatic ring is 1. The van der Waals surface area contributed by atoms with Gasteiger partial charge in [-0.2, -0.15) is 0 Å². The molecular weight excluding hydrogens is 182 g/mol. The molecule has 1 rings (SSSR count). The molecule has 1 aromatic carbocycles. The van der Waals surface area contributed by atoms with E-state index in [9.17, 15) is 0 Å². The summed E-state index contributed by atoms with van der Waals surface area (Å²) in [5.41, 5.74) is 7.71. The molecule has 0 radical (unpaired) electrons. The average Bonchev–Trinajstić information content (AvgIpc) is 2.09. The molecule has 0 heterocycles. The van der Waals surface area contributed by atoms with Crippen molar-refractivity contribution in [1.29, 1.82) is 0 Å². The highest BCUT2D eigenvalue weighted by Crippen LogP contribution is 2.30. The van der Waals surface area contributed by atoms with Gasteiger partial charge in [-0.15, -0.1) is 0 Å². The van der Waals surface area contributed by atoms with E-state index >= 15 is 0 Å². The molecule has 0 aliphatic rings. The maximum atomic E-state index is 5.95. The van der Waals surface area contributed by atoms with Gasteiger partial charge in [0.1, 0.15) is 0 Å². The van der Waals surface area contributed by atoms with Gasteiger partial charge in [0, 0.05) is 0 Å². The van der Waals surface area contributed by atoms with Gasteiger partial charge in [0.05, 0.1) is 10.7 Å². The van der Waals surface area contributed by atoms with E-state index < -0.39 is 0 Å². The van der Waals surface area contributed by atoms with Crippen LogP contribution >= 0.6 is 11.6 Å². The van der Waals surface area contributed by atoms with Crippen molar-refractivity contribution in [3.05, 3.63) is 28.8 Å². The van der Waals surface area contributed by atoms with Crippen LogP contribution in [0.2, 0.25) is 5.02 Å². The van der Waals surface area contributed by atoms with Gasteiger partial charge in [-0.1, -0.05) is 38.4 Å². The summed E-state index contributed by atoms with van der Waals surface area (Å²) in [4.78, 5) is 0. The third-order valence-electron chi connectivity index (χ3n) is 2.67. The lowest BCUT2D eigenvalue weighted by atomic mass is 9.82. The van der Waals surface area contributed by atoms with Crippen LogP contribution in [-0.2, 0) is 5.41 Å². The zero-order valence-electron chi connectivity index (χ0n) is 8.39. The zero-order valence-corrected chi connectivity index (χ0v) is 9.15. The van der Waals surface area contributed by atoms with Gasteiger partial charge in [0.25, 0.3) is 0 Å². The second-order valence-electron chi connectivity index (χ2n) is 3.97. The average molecular weight is 198 g/mol. The summed E-state index contributed by atoms with van der Waals surface area (Å²) in [7, 11) is 0. The molecule has 0 fully saturated rings. The van der Waals surface area contributed by atoms with Crippen LogP contribution in [0.3, 0.4) is 0 Å². The van der Waals surface area contributed by atoms with Gasteiger partial charge >= 0.3 is 0 Å². The fraction of sp³-hybridized carbons (Fsp3) is 0.455. The number of halogens is 1. The molecule has 0 saturated carbocycles. The molecule has 0 aliphatic carbocycles. The van der Waals surface area contributed by atoms with Crippen molar-refractivity contribution in [2.24, 2.45) is 0 Å². The summed E-state index contributed by atoms with van der Waals surface area (Å²) in [6, 6.07) is 5.88. The molecule has 0 amide bonds. The highest BCUT2D eigenvalue weighted by molar-refractivity contribution is 6.33. The lowest BCUT2D eigenvalue weighted by Crippen LogP contribution is -2.15. The summed E-state index contributed by atoms with van der Waals surface area (Å²) in [5.74, 6) is 0. The zero-order chi connectivity index (χ0) is 10.1. The van der Waals surface area contributed by atoms with Crippen LogP contribution in [-0.4, -0.2) is 0 Å². The Morgan fingerprint density at radius 1 is 1.38 bits per heavy atom. The van der Waals surface area contributed by atoms with Crippen molar-refractivity contribution in [2.75, 3.05) is 5.73 Å². The Labute approximate surface area is 84.9 Å². The Hall–Kier alpha value is -0.690. The predicted octanol–water partition coefficient (Wildman–Crippen LogP) is 3.61. The molecule has 1 nitrogen and oxygen atoms in total. The Kier molecular flexibility index (Phi) is 2.87. The fourth-order valence-corrected chi connectivity index (χ4v) is 1.33. The van der Waals surface area contributed by atoms with Crippen molar-refractivity contribution in [1.82, 2.24) is 0 Å². The van der Waals surface area contributed by atoms with Gasteiger partial charge in [-0.3, -0.25) is 0 Å². The summed E-state index contributed by atoms with van der Waals surface area (Å²) in [6.07, 6.45) is 1.09. The maximum Gasteiger partial charge on any atom is 0.0638 e. The Morgan fingerprint density at radius 2 is 2.00 bits per heavy atom. The first-order chi connectivity index (χ1) is 5.97. The topological polar surface area (TPSA) is 26.0 Å². The van der Waals surface area contributed by atoms with E-state index in [4.69, 9.17) is 17.3 Å². The number of benzene rings is 1. The number of hydrogen-bond donors (Lipinski definition) is 1. The maximum absolute atomic E-state index is 5.95. The Balaban J connectivity index is 3.10. The van der Waals surface area contributed by atoms with Crippen molar-refractivity contribution >= 4 is 17.3 Å². The number of rotatable bonds is 2. The Bertz CT molecular complexity index is 305. The Morgan fingerprint density at radius 3 is 2.46 bits per heavy atom. The van der Waals surface area contributed by atoms with E-state index in [1.165, 1.54) is 5.56 Å². The molecule has 13 heavy (non-hydrogen) atoms. The molecular formula is C11H16ClN. The van der Waals surface area contributed by atoms with Gasteiger partial charge in [0.15, 0.2) is 0 Å². The summed E-state index contributed by atoms with van der Waals surface area (Å²) in [5, 5.41) is 0.652. The minimum Gasteiger partial charge on any atom is -0.398 e. The molecule has 0 spiro atoms. The van der Waals surface area contributed by atoms with E-state index in [1.807, 2.05) is 18.2 Å². The number of anilines is 1. The molecule has 0 aromatic heterocycles. The first-order valence-electron chi connectivity index (χ1n) is 4.53. The van der Waals surface area contributed by atoms with Crippen LogP contribution in [0.4, 0.5) is 5.69 Å². The largest absolute Gasteiger partial charge is 0.398 e. The molecule has 2 heteroatoms. The van der Waals surface area contributed by atoms with Crippen LogP contribution in [0.15, 0.2) is 18.2 Å². The molecule has 0 unspecified atom stereocenters. The third kappa shape index (κ3) is 2.16. The van der Waals surface area contributed by atoms with Gasteiger partial charge < -0.3 is 5.73 Å². The van der Waals surface area contributed by atoms with Crippen LogP contribution < -0.4 is 5.73 Å². The quantitative estimate of drug-likeness (QED) is 0.721. The van der Waals surface area contributed by atoms with E-state index in [1.54, 1.807) is 0 Å². The van der Waals surface area contributed by atoms with Crippen molar-refractivity contribution < 1.29 is 0 Å². The van der Waals surface area contributed by atoms with E-state index in [2.05, 4.69) is 20.8 Å². The normalized spacial score (nSPS) is 11.7. The first-order valence-corrected chi connectivity index (χ1v) is 4.90. The molecule has 0 aliphatic heterocycles. The molecule has 2 N–H and O–H groups in total. The lowest BCUT2D eigenvalue weighted by Gasteiger charge is -2.23. The smallest absolute Gasteiger partial charge is 0.0638 e. The van der Waals surface area contributed by atoms with E-state index in [0.29, 0.717) is 10.7 Å². The standard InChI is InChI=1S/C11H16ClN/c1-4-11(2,3)8-5-6-10(13)9(12)7-8/h5-7H,4,13H2,1-3H3. The van der Waals surface area contributed by atoms with Gasteiger partial charge in [-0.05, 0) is 29.5 Å². The summed E-state index contributed by atoms with van der Waals surface area (Å²) < 4.78 is 0. The van der Waals surface area contributed by atoms with Crippen LogP contribution in [0.5, 0.6) is 0 Å². The number of hydrogen-bond acceptors (Lipinski definition) is 1. The lowest BCUT2D eigenvalue weighted by molar-refractivity contribution is 0.506. The fourth-order valence-electron chi connectivity index (χ4n) is 1.15. The minimum absolute atomic E-state index is 0.178. The molecule has 1 aromatic rings. The van der Waals surface area contributed by atoms with Gasteiger partial charge in [0.2, 0.25) is 0 Å². The molecule has 0 atom stereocenters. The first kappa shape index (κ1) is 10.4. The number of nitrogens with two attached hydrogens (primary N) is 1. The SMILES string of the molecule is CCC(C)(C)c1ccc(N)c(Cl)c1. The predicted molar refractivity (Wildman–Crippen MR) is 59.2 cm³/mol. The molecule has 72 valence electrons. The molecule has 0 saturated heterocycles. The van der Waals surface area contributed by atoms with E-state index in [0.717, 1.165) is 6.42 Å². The van der Waals surface area contributed by atoms with Crippen molar-refractivity contribution in [3.63, 3.8) is 0 Å². The van der Waals surface area contributed by atoms with Crippen molar-refractivity contribution in [3.8, 4) is 0 Å². The van der Waals surface area contributed by atoms with Crippen LogP contribution in [0, 0.1) is 0 Å². The van der Waals surface area contributed by atoms with Crippen molar-refractivity contribution in [2.45, 2.75) is 32.6 Å². The summed E-state index contributed by atoms with van der Waals surface area (Å²) in [6.45, 7) is 6.58. The summed E-state index contributed by atoms with van der Waals surface area (Å²) >= 11 is 5.95. The minimum atomic E-state index is 0.178. The highest BCUT2D eigenvalue weighted by atomic mass is 35.5. The molecule has 0 bridgehead atoms. The second kappa shape index (κ2) is 3.59. The second-order valence-corrected chi connectivity index (χ2v) is 4.38. The highest BCUT2D eigenvalue weighted by Gasteiger charge is 2.18. The van der Waals surface area contributed by atoms with Crippen LogP contribution in [0.1, 0.15) is 32.8 Å². The third-order valence-corrected chi connectivity index (χ3v) is 2.99. The van der Waals surface area contributed by atoms with Gasteiger partial charge in [-0.25, -0.2) is 0 Å². The van der Waals surface area contributed by atoms with E-state index in [-0.39, 0.29) is 5.41 Å². The van der Waals surface area contributed by atoms with Crippen LogP contribution in [0.25, 0.3) is 0 Å². The monoisotopic (exact) mass is 197 g/mol.